The highest BCUT2D eigenvalue weighted by Gasteiger charge is 2.29. The average Bonchev–Trinajstić information content (AvgIpc) is 0.869. The molecule has 3 rings (SSSR count). The quantitative estimate of drug-likeness (QED) is 0.0994. The van der Waals surface area contributed by atoms with Gasteiger partial charge in [-0.3, -0.25) is 14.4 Å². The molecule has 1 heterocycles. The predicted molar refractivity (Wildman–Crippen MR) is 449 cm³/mol. The van der Waals surface area contributed by atoms with Crippen molar-refractivity contribution in [1.29, 1.82) is 0 Å². The van der Waals surface area contributed by atoms with Gasteiger partial charge in [-0.1, -0.05) is 225 Å². The maximum atomic E-state index is 12.8. The van der Waals surface area contributed by atoms with Crippen LogP contribution in [0.4, 0.5) is 0 Å². The minimum absolute atomic E-state index is 0. The van der Waals surface area contributed by atoms with Crippen LogP contribution in [-0.2, 0) is 75.2 Å². The molecule has 2 aromatic carbocycles. The summed E-state index contributed by atoms with van der Waals surface area (Å²) < 4.78 is 0. The SMILES string of the molecule is C=O.C=O.C=O.C=O.C=O.C=O.C=O.C=O.C=O.C=O.CC.CC.CC(=O)N(C)[C@@H](Cc1ccccc1)C(=O)N[C@@H](C)C(=O)N1CCCCC1.CC(C)C.CC(C)O.CCC(C)C.CCC(C)C.CCC(C)C.CCC(C)C.CCc1ccccc1.CN.CN.CN.CN.CN.CN.N.N.N.N. The minimum Gasteiger partial charge on any atom is -0.394 e. The number of nitrogens with two attached hydrogens (primary N) is 6. The van der Waals surface area contributed by atoms with Gasteiger partial charge in [-0.15, -0.1) is 0 Å². The van der Waals surface area contributed by atoms with Gasteiger partial charge >= 0.3 is 0 Å². The first kappa shape index (κ1) is 182. The standard InChI is InChI=1S/C20H29N3O3.C8H10.4C5H12.C4H10.C3H8O.2C2H6.6CH5N.10CH2O.4H3N/c1-15(20(26)23-12-8-5-9-13-23)21-19(25)18(22(3)16(2)24)14-17-10-6-4-7-11-17;1-2-8-6-4-3-5-7-8;4*1-4-5(2)3;1-4(2)3;1-3(2)4;18*1-2;;;;/h4,6-7,10-11,15,18H,5,8-9,12-14H2,1-3H3,(H,21,25);3-7H,2H2,1H3;4*5H,4H2,1-3H3;4H,1-3H3;3-4H,1-2H3;2*1-2H3;6*2H2,1H3;10*1H2;4*1H3/t15-,18-;;;;;;;;;;;;;;;;;;;;;;;;;;;;;/m0............................./s1. The van der Waals surface area contributed by atoms with Crippen LogP contribution >= 0.6 is 0 Å². The average molecular weight is 1490 g/mol. The van der Waals surface area contributed by atoms with Gasteiger partial charge in [0.15, 0.2) is 0 Å². The van der Waals surface area contributed by atoms with Crippen molar-refractivity contribution < 1.29 is 67.4 Å². The molecule has 102 heavy (non-hydrogen) atoms. The van der Waals surface area contributed by atoms with Crippen molar-refractivity contribution in [3.63, 3.8) is 0 Å². The Labute approximate surface area is 630 Å². The van der Waals surface area contributed by atoms with Crippen LogP contribution in [-0.4, -0.2) is 181 Å². The third-order valence-corrected chi connectivity index (χ3v) is 9.45. The summed E-state index contributed by atoms with van der Waals surface area (Å²) in [5.41, 5.74) is 29.4. The fraction of sp³-hybridized carbons (Fsp3) is 0.667. The highest BCUT2D eigenvalue weighted by molar-refractivity contribution is 5.91. The van der Waals surface area contributed by atoms with Crippen molar-refractivity contribution in [2.75, 3.05) is 62.4 Å². The molecule has 0 aliphatic carbocycles. The number of carbonyl (C=O) groups excluding carboxylic acids is 13. The fourth-order valence-corrected chi connectivity index (χ4v) is 3.94. The van der Waals surface area contributed by atoms with Gasteiger partial charge in [0, 0.05) is 39.6 Å². The molecule has 27 heteroatoms. The first-order valence-corrected chi connectivity index (χ1v) is 32.8. The van der Waals surface area contributed by atoms with Crippen LogP contribution in [0.15, 0.2) is 60.7 Å². The van der Waals surface area contributed by atoms with Gasteiger partial charge in [-0.25, -0.2) is 0 Å². The Morgan fingerprint density at radius 2 is 0.608 bits per heavy atom. The molecule has 0 spiro atoms. The third-order valence-electron chi connectivity index (χ3n) is 9.45. The molecule has 0 saturated carbocycles. The molecule has 26 N–H and O–H groups in total. The molecule has 1 saturated heterocycles. The summed E-state index contributed by atoms with van der Waals surface area (Å²) in [7, 11) is 10.6. The van der Waals surface area contributed by atoms with Gasteiger partial charge < -0.3 is 127 Å². The number of likely N-dealkylation sites (tertiary alicyclic amines) is 1. The highest BCUT2D eigenvalue weighted by atomic mass is 16.3. The van der Waals surface area contributed by atoms with Crippen LogP contribution in [0.5, 0.6) is 0 Å². The number of piperidine rings is 1. The largest absolute Gasteiger partial charge is 0.394 e. The number of nitrogens with one attached hydrogen (secondary N) is 1. The number of likely N-dealkylation sites (N-methyl/N-ethyl adjacent to an activating group) is 1. The van der Waals surface area contributed by atoms with Crippen LogP contribution < -0.4 is 64.3 Å². The number of aliphatic hydroxyl groups excluding tert-OH is 1. The molecular formula is C75H179N13O14. The van der Waals surface area contributed by atoms with Crippen molar-refractivity contribution in [3.8, 4) is 0 Å². The lowest BCUT2D eigenvalue weighted by atomic mass is 10.0. The van der Waals surface area contributed by atoms with E-state index in [9.17, 15) is 14.4 Å². The third kappa shape index (κ3) is 260. The highest BCUT2D eigenvalue weighted by Crippen LogP contribution is 2.12. The number of aliphatic hydroxyl groups is 1. The summed E-state index contributed by atoms with van der Waals surface area (Å²) in [5.74, 6) is 3.83. The molecule has 0 bridgehead atoms. The number of amides is 3. The number of rotatable bonds is 11. The van der Waals surface area contributed by atoms with Crippen LogP contribution in [0.25, 0.3) is 0 Å². The van der Waals surface area contributed by atoms with E-state index in [0.717, 1.165) is 73.9 Å². The Balaban J connectivity index is -0.0000000254. The topological polar surface area (TPSA) is 557 Å². The molecule has 0 unspecified atom stereocenters. The molecule has 1 fully saturated rings. The van der Waals surface area contributed by atoms with Gasteiger partial charge in [0.25, 0.3) is 0 Å². The van der Waals surface area contributed by atoms with Crippen LogP contribution in [0.1, 0.15) is 222 Å². The van der Waals surface area contributed by atoms with Crippen molar-refractivity contribution in [2.24, 2.45) is 64.0 Å². The summed E-state index contributed by atoms with van der Waals surface area (Å²) in [6.07, 6.45) is 9.77. The number of carbonyl (C=O) groups is 13. The number of benzene rings is 2. The Hall–Kier alpha value is -6.89. The summed E-state index contributed by atoms with van der Waals surface area (Å²) in [6, 6.07) is 18.8. The Kier molecular flexibility index (Phi) is 402. The van der Waals surface area contributed by atoms with Crippen molar-refractivity contribution in [2.45, 2.75) is 242 Å². The summed E-state index contributed by atoms with van der Waals surface area (Å²) >= 11 is 0. The van der Waals surface area contributed by atoms with Gasteiger partial charge in [0.1, 0.15) is 80.0 Å². The number of hydrogen-bond acceptors (Lipinski definition) is 24. The zero-order chi connectivity index (χ0) is 85.2. The molecule has 628 valence electrons. The Bertz CT molecular complexity index is 1400. The molecular weight excluding hydrogens is 1310 g/mol. The van der Waals surface area contributed by atoms with Gasteiger partial charge in [0.2, 0.25) is 17.7 Å². The molecule has 2 atom stereocenters. The normalized spacial score (nSPS) is 8.37. The summed E-state index contributed by atoms with van der Waals surface area (Å²) in [4.78, 5) is 120. The van der Waals surface area contributed by atoms with Crippen molar-refractivity contribution in [1.82, 2.24) is 39.7 Å². The zero-order valence-electron chi connectivity index (χ0n) is 72.2. The second-order valence-electron chi connectivity index (χ2n) is 18.8. The number of hydrogen-bond donors (Lipinski definition) is 12. The molecule has 1 aliphatic heterocycles. The predicted octanol–water partition coefficient (Wildman–Crippen LogP) is 12.4. The lowest BCUT2D eigenvalue weighted by Gasteiger charge is -2.31. The smallest absolute Gasteiger partial charge is 0.244 e. The molecule has 27 nitrogen and oxygen atoms in total. The first-order chi connectivity index (χ1) is 46.9. The molecule has 2 aromatic rings. The second-order valence-corrected chi connectivity index (χ2v) is 18.8. The van der Waals surface area contributed by atoms with E-state index in [1.165, 1.54) is 85.4 Å². The van der Waals surface area contributed by atoms with Crippen LogP contribution in [0.2, 0.25) is 0 Å². The van der Waals surface area contributed by atoms with E-state index in [1.807, 2.05) is 137 Å². The second kappa shape index (κ2) is 226. The lowest BCUT2D eigenvalue weighted by Crippen LogP contribution is -2.54. The summed E-state index contributed by atoms with van der Waals surface area (Å²) in [6.45, 7) is 71.3. The van der Waals surface area contributed by atoms with Crippen LogP contribution in [0, 0.1) is 29.6 Å². The Morgan fingerprint density at radius 1 is 0.422 bits per heavy atom. The number of nitrogens with zero attached hydrogens (tertiary/aromatic N) is 2. The maximum Gasteiger partial charge on any atom is 0.244 e. The first-order valence-electron chi connectivity index (χ1n) is 32.8. The van der Waals surface area contributed by atoms with E-state index in [1.54, 1.807) is 27.8 Å². The monoisotopic (exact) mass is 1490 g/mol. The number of aryl methyl sites for hydroxylation is 1. The zero-order valence-corrected chi connectivity index (χ0v) is 72.2. The van der Waals surface area contributed by atoms with E-state index in [-0.39, 0.29) is 48.4 Å². The van der Waals surface area contributed by atoms with E-state index >= 15 is 0 Å². The fourth-order valence-electron chi connectivity index (χ4n) is 3.94. The maximum absolute atomic E-state index is 12.8. The Morgan fingerprint density at radius 3 is 0.765 bits per heavy atom. The van der Waals surface area contributed by atoms with E-state index in [4.69, 9.17) is 53.1 Å². The van der Waals surface area contributed by atoms with Gasteiger partial charge in [0.05, 0.1) is 0 Å². The molecule has 0 aromatic heterocycles. The van der Waals surface area contributed by atoms with E-state index in [2.05, 4.69) is 175 Å². The molecule has 3 amide bonds. The van der Waals surface area contributed by atoms with Gasteiger partial charge in [-0.05, 0) is 129 Å². The molecule has 0 radical (unpaired) electrons. The minimum atomic E-state index is -0.647. The molecule has 1 aliphatic rings. The van der Waals surface area contributed by atoms with Gasteiger partial charge in [-0.2, -0.15) is 0 Å². The van der Waals surface area contributed by atoms with Crippen molar-refractivity contribution in [3.05, 3.63) is 71.8 Å². The van der Waals surface area contributed by atoms with Crippen molar-refractivity contribution >= 4 is 85.6 Å². The van der Waals surface area contributed by atoms with E-state index < -0.39 is 12.1 Å². The van der Waals surface area contributed by atoms with E-state index in [0.29, 0.717) is 6.42 Å². The van der Waals surface area contributed by atoms with Crippen LogP contribution in [0.3, 0.4) is 0 Å². The lowest BCUT2D eigenvalue weighted by molar-refractivity contribution is -0.140. The summed E-state index contributed by atoms with van der Waals surface area (Å²) in [5, 5.41) is 10.9.